The summed E-state index contributed by atoms with van der Waals surface area (Å²) in [4.78, 5) is 14.8. The third-order valence-corrected chi connectivity index (χ3v) is 4.75. The third kappa shape index (κ3) is 3.12. The molecule has 2 atom stereocenters. The largest absolute Gasteiger partial charge is 0.391 e. The van der Waals surface area contributed by atoms with Crippen LogP contribution < -0.4 is 5.32 Å². The average molecular weight is 315 g/mol. The maximum atomic E-state index is 13.0. The molecular weight excluding hydrogens is 290 g/mol. The molecule has 2 N–H and O–H groups in total. The fourth-order valence-corrected chi connectivity index (χ4v) is 3.25. The van der Waals surface area contributed by atoms with Crippen LogP contribution in [0.1, 0.15) is 24.2 Å². The molecule has 0 spiro atoms. The first-order chi connectivity index (χ1) is 11.0. The van der Waals surface area contributed by atoms with E-state index in [1.54, 1.807) is 0 Å². The van der Waals surface area contributed by atoms with Crippen molar-refractivity contribution in [2.45, 2.75) is 26.0 Å². The van der Waals surface area contributed by atoms with Gasteiger partial charge >= 0.3 is 0 Å². The van der Waals surface area contributed by atoms with Gasteiger partial charge in [-0.05, 0) is 37.4 Å². The molecule has 0 saturated carbocycles. The van der Waals surface area contributed by atoms with Gasteiger partial charge in [0.2, 0.25) is 0 Å². The van der Waals surface area contributed by atoms with Crippen LogP contribution in [-0.2, 0) is 7.05 Å². The first kappa shape index (κ1) is 16.0. The quantitative estimate of drug-likeness (QED) is 0.901. The molecule has 2 heterocycles. The van der Waals surface area contributed by atoms with E-state index < -0.39 is 0 Å². The lowest BCUT2D eigenvalue weighted by atomic mass is 10.0. The van der Waals surface area contributed by atoms with Crippen molar-refractivity contribution in [1.29, 1.82) is 0 Å². The highest BCUT2D eigenvalue weighted by molar-refractivity contribution is 5.98. The molecule has 1 amide bonds. The van der Waals surface area contributed by atoms with Crippen LogP contribution >= 0.6 is 0 Å². The molecule has 1 aliphatic rings. The van der Waals surface area contributed by atoms with E-state index >= 15 is 0 Å². The number of fused-ring (bicyclic) bond motifs is 1. The lowest BCUT2D eigenvalue weighted by Gasteiger charge is -2.30. The second-order valence-electron chi connectivity index (χ2n) is 6.74. The molecule has 5 heteroatoms. The Morgan fingerprint density at radius 2 is 2.17 bits per heavy atom. The molecule has 1 aromatic carbocycles. The van der Waals surface area contributed by atoms with Gasteiger partial charge in [0.25, 0.3) is 5.91 Å². The Labute approximate surface area is 136 Å². The minimum absolute atomic E-state index is 0.0298. The number of benzene rings is 1. The van der Waals surface area contributed by atoms with Crippen molar-refractivity contribution < 1.29 is 9.90 Å². The van der Waals surface area contributed by atoms with Crippen LogP contribution in [-0.4, -0.2) is 52.3 Å². The van der Waals surface area contributed by atoms with E-state index in [4.69, 9.17) is 0 Å². The smallest absolute Gasteiger partial charge is 0.254 e. The summed E-state index contributed by atoms with van der Waals surface area (Å²) in [5.74, 6) is 0.127. The second kappa shape index (κ2) is 6.34. The summed E-state index contributed by atoms with van der Waals surface area (Å²) in [5.41, 5.74) is 1.76. The Bertz CT molecular complexity index is 707. The summed E-state index contributed by atoms with van der Waals surface area (Å²) in [6, 6.07) is 7.98. The van der Waals surface area contributed by atoms with E-state index in [1.165, 1.54) is 0 Å². The molecule has 124 valence electrons. The highest BCUT2D eigenvalue weighted by atomic mass is 16.3. The zero-order chi connectivity index (χ0) is 16.6. The van der Waals surface area contributed by atoms with Gasteiger partial charge in [0.1, 0.15) is 0 Å². The van der Waals surface area contributed by atoms with Gasteiger partial charge in [0, 0.05) is 55.9 Å². The zero-order valence-electron chi connectivity index (χ0n) is 14.0. The van der Waals surface area contributed by atoms with E-state index in [2.05, 4.69) is 5.32 Å². The monoisotopic (exact) mass is 315 g/mol. The van der Waals surface area contributed by atoms with Gasteiger partial charge in [-0.2, -0.15) is 0 Å². The van der Waals surface area contributed by atoms with Crippen molar-refractivity contribution in [2.24, 2.45) is 13.0 Å². The molecule has 1 saturated heterocycles. The van der Waals surface area contributed by atoms with E-state index in [0.29, 0.717) is 18.7 Å². The van der Waals surface area contributed by atoms with Crippen LogP contribution in [0.5, 0.6) is 0 Å². The molecule has 1 aromatic heterocycles. The van der Waals surface area contributed by atoms with Gasteiger partial charge < -0.3 is 19.9 Å². The number of carbonyl (C=O) groups excluding carboxylic acids is 1. The van der Waals surface area contributed by atoms with Crippen LogP contribution in [0.15, 0.2) is 30.5 Å². The zero-order valence-corrected chi connectivity index (χ0v) is 14.0. The van der Waals surface area contributed by atoms with E-state index in [0.717, 1.165) is 17.4 Å². The minimum atomic E-state index is -0.376. The maximum Gasteiger partial charge on any atom is 0.254 e. The number of hydrogen-bond donors (Lipinski definition) is 2. The van der Waals surface area contributed by atoms with Crippen LogP contribution in [0.3, 0.4) is 0 Å². The number of aliphatic hydroxyl groups is 1. The number of nitrogens with zero attached hydrogens (tertiary/aromatic N) is 2. The number of carbonyl (C=O) groups is 1. The van der Waals surface area contributed by atoms with Gasteiger partial charge in [-0.1, -0.05) is 6.07 Å². The predicted molar refractivity (Wildman–Crippen MR) is 91.5 cm³/mol. The van der Waals surface area contributed by atoms with E-state index in [-0.39, 0.29) is 24.0 Å². The normalized spacial score (nSPS) is 21.3. The second-order valence-corrected chi connectivity index (χ2v) is 6.74. The Morgan fingerprint density at radius 1 is 1.39 bits per heavy atom. The van der Waals surface area contributed by atoms with Crippen molar-refractivity contribution in [3.8, 4) is 0 Å². The van der Waals surface area contributed by atoms with Crippen molar-refractivity contribution in [3.05, 3.63) is 36.0 Å². The van der Waals surface area contributed by atoms with Crippen molar-refractivity contribution >= 4 is 16.8 Å². The molecule has 0 radical (unpaired) electrons. The summed E-state index contributed by atoms with van der Waals surface area (Å²) in [7, 11) is 1.98. The SMILES string of the molecule is CC(C)N(C[C@@H]1CNC[C@H]1O)C(=O)c1ccc2ccn(C)c2c1. The molecule has 23 heavy (non-hydrogen) atoms. The highest BCUT2D eigenvalue weighted by Crippen LogP contribution is 2.20. The number of aromatic nitrogens is 1. The number of amides is 1. The third-order valence-electron chi connectivity index (χ3n) is 4.75. The Morgan fingerprint density at radius 3 is 2.83 bits per heavy atom. The first-order valence-corrected chi connectivity index (χ1v) is 8.22. The van der Waals surface area contributed by atoms with Gasteiger partial charge in [0.15, 0.2) is 0 Å². The predicted octanol–water partition coefficient (Wildman–Crippen LogP) is 1.61. The summed E-state index contributed by atoms with van der Waals surface area (Å²) in [6.45, 7) is 5.99. The lowest BCUT2D eigenvalue weighted by molar-refractivity contribution is 0.0599. The topological polar surface area (TPSA) is 57.5 Å². The first-order valence-electron chi connectivity index (χ1n) is 8.22. The summed E-state index contributed by atoms with van der Waals surface area (Å²) in [5, 5.41) is 14.3. The highest BCUT2D eigenvalue weighted by Gasteiger charge is 2.30. The van der Waals surface area contributed by atoms with Gasteiger partial charge in [-0.15, -0.1) is 0 Å². The van der Waals surface area contributed by atoms with Crippen molar-refractivity contribution in [2.75, 3.05) is 19.6 Å². The Hall–Kier alpha value is -1.85. The molecule has 1 fully saturated rings. The molecule has 2 aromatic rings. The fourth-order valence-electron chi connectivity index (χ4n) is 3.25. The summed E-state index contributed by atoms with van der Waals surface area (Å²) >= 11 is 0. The van der Waals surface area contributed by atoms with Crippen LogP contribution in [0.25, 0.3) is 10.9 Å². The van der Waals surface area contributed by atoms with Crippen LogP contribution in [0.2, 0.25) is 0 Å². The summed E-state index contributed by atoms with van der Waals surface area (Å²) < 4.78 is 2.02. The van der Waals surface area contributed by atoms with E-state index in [9.17, 15) is 9.90 Å². The molecule has 1 aliphatic heterocycles. The molecule has 0 unspecified atom stereocenters. The fraction of sp³-hybridized carbons (Fsp3) is 0.500. The number of β-amino-alcohol motifs (C(OH)–C–C–N with tert-alkyl or cyclic N) is 1. The maximum absolute atomic E-state index is 13.0. The molecule has 0 aliphatic carbocycles. The number of nitrogens with one attached hydrogen (secondary N) is 1. The number of aliphatic hydroxyl groups excluding tert-OH is 1. The number of hydrogen-bond acceptors (Lipinski definition) is 3. The Kier molecular flexibility index (Phi) is 4.41. The molecule has 5 nitrogen and oxygen atoms in total. The van der Waals surface area contributed by atoms with Gasteiger partial charge in [-0.3, -0.25) is 4.79 Å². The van der Waals surface area contributed by atoms with Gasteiger partial charge in [0.05, 0.1) is 6.10 Å². The Balaban J connectivity index is 1.85. The molecule has 0 bridgehead atoms. The summed E-state index contributed by atoms with van der Waals surface area (Å²) in [6.07, 6.45) is 1.62. The van der Waals surface area contributed by atoms with Crippen molar-refractivity contribution in [1.82, 2.24) is 14.8 Å². The molecule has 3 rings (SSSR count). The minimum Gasteiger partial charge on any atom is -0.391 e. The number of rotatable bonds is 4. The van der Waals surface area contributed by atoms with Gasteiger partial charge in [-0.25, -0.2) is 0 Å². The number of aryl methyl sites for hydroxylation is 1. The van der Waals surface area contributed by atoms with E-state index in [1.807, 2.05) is 60.8 Å². The lowest BCUT2D eigenvalue weighted by Crippen LogP contribution is -2.43. The standard InChI is InChI=1S/C18H25N3O2/c1-12(2)21(11-15-9-19-10-17(15)22)18(23)14-5-4-13-6-7-20(3)16(13)8-14/h4-8,12,15,17,19,22H,9-11H2,1-3H3/t15-,17+/m0/s1. The molecular formula is C18H25N3O2. The average Bonchev–Trinajstić information content (AvgIpc) is 3.10. The van der Waals surface area contributed by atoms with Crippen LogP contribution in [0, 0.1) is 5.92 Å². The van der Waals surface area contributed by atoms with Crippen LogP contribution in [0.4, 0.5) is 0 Å². The van der Waals surface area contributed by atoms with Crippen molar-refractivity contribution in [3.63, 3.8) is 0 Å².